The summed E-state index contributed by atoms with van der Waals surface area (Å²) in [4.78, 5) is 4.14. The Labute approximate surface area is 160 Å². The topological polar surface area (TPSA) is 60.3 Å². The van der Waals surface area contributed by atoms with E-state index in [0.717, 1.165) is 31.6 Å². The minimum atomic E-state index is 0.115. The van der Waals surface area contributed by atoms with E-state index in [2.05, 4.69) is 34.0 Å². The Kier molecular flexibility index (Phi) is 7.26. The predicted octanol–water partition coefficient (Wildman–Crippen LogP) is 3.69. The number of nitrogens with one attached hydrogen (secondary N) is 2. The van der Waals surface area contributed by atoms with E-state index >= 15 is 0 Å². The molecule has 1 aromatic heterocycles. The van der Waals surface area contributed by atoms with Crippen molar-refractivity contribution in [3.8, 4) is 11.5 Å². The highest BCUT2D eigenvalue weighted by molar-refractivity contribution is 7.80. The molecule has 7 heteroatoms. The number of rotatable bonds is 9. The molecule has 6 nitrogen and oxygen atoms in total. The van der Waals surface area contributed by atoms with Crippen molar-refractivity contribution in [1.82, 2.24) is 14.9 Å². The minimum Gasteiger partial charge on any atom is -0.493 e. The number of benzene rings is 1. The van der Waals surface area contributed by atoms with Crippen molar-refractivity contribution in [2.45, 2.75) is 33.2 Å². The fourth-order valence-corrected chi connectivity index (χ4v) is 3.09. The third kappa shape index (κ3) is 5.11. The molecule has 0 aliphatic rings. The second kappa shape index (κ2) is 9.43. The molecular weight excluding hydrogens is 348 g/mol. The highest BCUT2D eigenvalue weighted by Gasteiger charge is 2.27. The summed E-state index contributed by atoms with van der Waals surface area (Å²) in [5.74, 6) is 1.35. The Morgan fingerprint density at radius 1 is 1.19 bits per heavy atom. The van der Waals surface area contributed by atoms with Crippen LogP contribution in [0.25, 0.3) is 0 Å². The van der Waals surface area contributed by atoms with Crippen molar-refractivity contribution < 1.29 is 9.47 Å². The second-order valence-corrected chi connectivity index (χ2v) is 6.73. The largest absolute Gasteiger partial charge is 0.493 e. The first-order valence-corrected chi connectivity index (χ1v) is 9.19. The number of ether oxygens (including phenoxy) is 2. The molecule has 0 aliphatic heterocycles. The molecule has 0 aliphatic carbocycles. The quantitative estimate of drug-likeness (QED) is 0.651. The van der Waals surface area contributed by atoms with Crippen LogP contribution >= 0.6 is 12.2 Å². The number of hydrogen-bond acceptors (Lipinski definition) is 4. The third-order valence-corrected chi connectivity index (χ3v) is 5.09. The van der Waals surface area contributed by atoms with Gasteiger partial charge in [-0.2, -0.15) is 0 Å². The van der Waals surface area contributed by atoms with E-state index in [0.29, 0.717) is 16.6 Å². The number of hydrogen-bond donors (Lipinski definition) is 2. The Morgan fingerprint density at radius 3 is 2.50 bits per heavy atom. The molecule has 26 heavy (non-hydrogen) atoms. The van der Waals surface area contributed by atoms with Crippen molar-refractivity contribution in [2.75, 3.05) is 26.1 Å². The lowest BCUT2D eigenvalue weighted by Gasteiger charge is -2.32. The summed E-state index contributed by atoms with van der Waals surface area (Å²) in [6.45, 7) is 6.13. The van der Waals surface area contributed by atoms with Gasteiger partial charge in [0.1, 0.15) is 0 Å². The second-order valence-electron chi connectivity index (χ2n) is 6.32. The van der Waals surface area contributed by atoms with Gasteiger partial charge in [-0.1, -0.05) is 13.8 Å². The van der Waals surface area contributed by atoms with Crippen molar-refractivity contribution in [3.05, 3.63) is 36.9 Å². The van der Waals surface area contributed by atoms with Gasteiger partial charge in [0.15, 0.2) is 16.6 Å². The average Bonchev–Trinajstić information content (AvgIpc) is 3.18. The Balaban J connectivity index is 1.97. The van der Waals surface area contributed by atoms with Gasteiger partial charge in [0, 0.05) is 42.7 Å². The van der Waals surface area contributed by atoms with E-state index < -0.39 is 0 Å². The zero-order valence-electron chi connectivity index (χ0n) is 15.9. The number of aromatic nitrogens is 2. The summed E-state index contributed by atoms with van der Waals surface area (Å²) in [5.41, 5.74) is 0.970. The maximum atomic E-state index is 5.48. The summed E-state index contributed by atoms with van der Waals surface area (Å²) in [5, 5.41) is 7.17. The molecule has 1 heterocycles. The molecule has 0 unspecified atom stereocenters. The lowest BCUT2D eigenvalue weighted by atomic mass is 9.82. The van der Waals surface area contributed by atoms with Crippen LogP contribution in [0.4, 0.5) is 5.69 Å². The van der Waals surface area contributed by atoms with E-state index in [1.807, 2.05) is 36.9 Å². The van der Waals surface area contributed by atoms with Crippen LogP contribution in [0.15, 0.2) is 36.9 Å². The molecule has 2 rings (SSSR count). The zero-order valence-corrected chi connectivity index (χ0v) is 16.7. The smallest absolute Gasteiger partial charge is 0.170 e. The molecule has 0 amide bonds. The number of methoxy groups -OCH3 is 2. The van der Waals surface area contributed by atoms with E-state index in [-0.39, 0.29) is 5.41 Å². The van der Waals surface area contributed by atoms with Gasteiger partial charge in [0.05, 0.1) is 20.5 Å². The first kappa shape index (κ1) is 20.0. The van der Waals surface area contributed by atoms with Crippen LogP contribution in [0.1, 0.15) is 26.7 Å². The van der Waals surface area contributed by atoms with Crippen LogP contribution in [-0.2, 0) is 6.54 Å². The maximum absolute atomic E-state index is 5.48. The maximum Gasteiger partial charge on any atom is 0.170 e. The summed E-state index contributed by atoms with van der Waals surface area (Å²) in [6, 6.07) is 5.63. The molecule has 142 valence electrons. The molecule has 0 saturated heterocycles. The molecule has 0 fully saturated rings. The van der Waals surface area contributed by atoms with Crippen LogP contribution < -0.4 is 20.1 Å². The third-order valence-electron chi connectivity index (χ3n) is 4.84. The van der Waals surface area contributed by atoms with E-state index in [4.69, 9.17) is 21.7 Å². The summed E-state index contributed by atoms with van der Waals surface area (Å²) >= 11 is 5.48. The highest BCUT2D eigenvalue weighted by atomic mass is 32.1. The van der Waals surface area contributed by atoms with Crippen LogP contribution in [0.5, 0.6) is 11.5 Å². The first-order valence-electron chi connectivity index (χ1n) is 8.78. The fraction of sp³-hybridized carbons (Fsp3) is 0.474. The zero-order chi connectivity index (χ0) is 19.0. The van der Waals surface area contributed by atoms with E-state index in [9.17, 15) is 0 Å². The molecule has 0 spiro atoms. The van der Waals surface area contributed by atoms with Crippen molar-refractivity contribution >= 4 is 23.0 Å². The summed E-state index contributed by atoms with van der Waals surface area (Å²) in [7, 11) is 3.23. The molecule has 0 radical (unpaired) electrons. The molecule has 0 saturated carbocycles. The Bertz CT molecular complexity index is 700. The Morgan fingerprint density at radius 2 is 1.92 bits per heavy atom. The van der Waals surface area contributed by atoms with Crippen LogP contribution in [0.3, 0.4) is 0 Å². The van der Waals surface area contributed by atoms with Gasteiger partial charge in [-0.3, -0.25) is 0 Å². The van der Waals surface area contributed by atoms with Crippen LogP contribution in [0.2, 0.25) is 0 Å². The normalized spacial score (nSPS) is 11.1. The summed E-state index contributed by atoms with van der Waals surface area (Å²) in [6.07, 6.45) is 7.77. The average molecular weight is 377 g/mol. The number of imidazole rings is 1. The fourth-order valence-electron chi connectivity index (χ4n) is 2.90. The van der Waals surface area contributed by atoms with E-state index in [1.54, 1.807) is 14.2 Å². The minimum absolute atomic E-state index is 0.115. The van der Waals surface area contributed by atoms with Gasteiger partial charge in [0.25, 0.3) is 0 Å². The van der Waals surface area contributed by atoms with Crippen molar-refractivity contribution in [3.63, 3.8) is 0 Å². The van der Waals surface area contributed by atoms with Gasteiger partial charge in [-0.25, -0.2) is 4.98 Å². The monoisotopic (exact) mass is 376 g/mol. The van der Waals surface area contributed by atoms with E-state index in [1.165, 1.54) is 0 Å². The Hall–Kier alpha value is -2.28. The van der Waals surface area contributed by atoms with Gasteiger partial charge in [-0.15, -0.1) is 0 Å². The van der Waals surface area contributed by atoms with Crippen molar-refractivity contribution in [1.29, 1.82) is 0 Å². The van der Waals surface area contributed by atoms with Gasteiger partial charge >= 0.3 is 0 Å². The lowest BCUT2D eigenvalue weighted by molar-refractivity contribution is 0.220. The standard InChI is InChI=1S/C19H28N4O2S/c1-5-19(6-2,13-23-10-9-20-14-23)12-21-18(26)22-15-7-8-16(24-3)17(11-15)25-4/h7-11,14H,5-6,12-13H2,1-4H3,(H2,21,22,26). The molecular formula is C19H28N4O2S. The van der Waals surface area contributed by atoms with Gasteiger partial charge < -0.3 is 24.7 Å². The summed E-state index contributed by atoms with van der Waals surface area (Å²) < 4.78 is 12.7. The molecule has 1 aromatic carbocycles. The lowest BCUT2D eigenvalue weighted by Crippen LogP contribution is -2.41. The SMILES string of the molecule is CCC(CC)(CNC(=S)Nc1ccc(OC)c(OC)c1)Cn1ccnc1. The molecule has 2 aromatic rings. The van der Waals surface area contributed by atoms with Gasteiger partial charge in [-0.05, 0) is 37.2 Å². The first-order chi connectivity index (χ1) is 12.6. The molecule has 0 bridgehead atoms. The molecule has 2 N–H and O–H groups in total. The number of nitrogens with zero attached hydrogens (tertiary/aromatic N) is 2. The highest BCUT2D eigenvalue weighted by Crippen LogP contribution is 2.30. The van der Waals surface area contributed by atoms with Crippen molar-refractivity contribution in [2.24, 2.45) is 5.41 Å². The van der Waals surface area contributed by atoms with Crippen LogP contribution in [-0.4, -0.2) is 35.4 Å². The van der Waals surface area contributed by atoms with Crippen LogP contribution in [0, 0.1) is 5.41 Å². The predicted molar refractivity (Wildman–Crippen MR) is 109 cm³/mol. The number of anilines is 1. The van der Waals surface area contributed by atoms with Gasteiger partial charge in [0.2, 0.25) is 0 Å². The number of thiocarbonyl (C=S) groups is 1. The molecule has 0 atom stereocenters.